The van der Waals surface area contributed by atoms with E-state index in [1.165, 1.54) is 44.1 Å². The molecule has 0 heterocycles. The first kappa shape index (κ1) is 15.3. The summed E-state index contributed by atoms with van der Waals surface area (Å²) in [6.45, 7) is 2.99. The molecule has 0 saturated heterocycles. The van der Waals surface area contributed by atoms with E-state index >= 15 is 0 Å². The first-order valence-corrected chi connectivity index (χ1v) is 8.08. The third-order valence-electron chi connectivity index (χ3n) is 4.43. The molecule has 0 radical (unpaired) electrons. The molecule has 1 fully saturated rings. The van der Waals surface area contributed by atoms with Crippen molar-refractivity contribution in [2.45, 2.75) is 51.4 Å². The maximum atomic E-state index is 5.07. The fourth-order valence-corrected chi connectivity index (χ4v) is 3.23. The van der Waals surface area contributed by atoms with Crippen molar-refractivity contribution >= 4 is 0 Å². The van der Waals surface area contributed by atoms with Crippen LogP contribution < -0.4 is 0 Å². The molecule has 1 aliphatic carbocycles. The second kappa shape index (κ2) is 8.26. The summed E-state index contributed by atoms with van der Waals surface area (Å²) >= 11 is 0. The molecule has 0 N–H and O–H groups in total. The SMILES string of the molecule is CCCc1ccc(C2CCC(C=CCOC)CC2)cc1. The fraction of sp³-hybridized carbons (Fsp3) is 0.579. The van der Waals surface area contributed by atoms with Crippen LogP contribution in [0.15, 0.2) is 36.4 Å². The van der Waals surface area contributed by atoms with Crippen LogP contribution in [-0.4, -0.2) is 13.7 Å². The summed E-state index contributed by atoms with van der Waals surface area (Å²) in [5.41, 5.74) is 3.02. The minimum absolute atomic E-state index is 0.749. The van der Waals surface area contributed by atoms with Crippen molar-refractivity contribution in [3.05, 3.63) is 47.5 Å². The van der Waals surface area contributed by atoms with Crippen LogP contribution in [0.1, 0.15) is 56.1 Å². The van der Waals surface area contributed by atoms with Crippen LogP contribution in [0.5, 0.6) is 0 Å². The van der Waals surface area contributed by atoms with Crippen LogP contribution >= 0.6 is 0 Å². The van der Waals surface area contributed by atoms with E-state index < -0.39 is 0 Å². The summed E-state index contributed by atoms with van der Waals surface area (Å²) in [5, 5.41) is 0. The van der Waals surface area contributed by atoms with Crippen LogP contribution in [0.3, 0.4) is 0 Å². The molecule has 0 spiro atoms. The van der Waals surface area contributed by atoms with Crippen molar-refractivity contribution in [3.63, 3.8) is 0 Å². The number of allylic oxidation sites excluding steroid dienone is 1. The Balaban J connectivity index is 1.83. The molecule has 1 aromatic rings. The molecular weight excluding hydrogens is 244 g/mol. The summed E-state index contributed by atoms with van der Waals surface area (Å²) in [5.74, 6) is 1.54. The van der Waals surface area contributed by atoms with E-state index in [0.717, 1.165) is 18.4 Å². The van der Waals surface area contributed by atoms with E-state index in [-0.39, 0.29) is 0 Å². The van der Waals surface area contributed by atoms with Gasteiger partial charge in [0, 0.05) is 7.11 Å². The molecule has 20 heavy (non-hydrogen) atoms. The van der Waals surface area contributed by atoms with E-state index in [0.29, 0.717) is 0 Å². The number of ether oxygens (including phenoxy) is 1. The maximum Gasteiger partial charge on any atom is 0.0643 e. The number of rotatable bonds is 6. The van der Waals surface area contributed by atoms with Crippen LogP contribution in [0.2, 0.25) is 0 Å². The first-order valence-electron chi connectivity index (χ1n) is 8.08. The molecule has 1 nitrogen and oxygen atoms in total. The van der Waals surface area contributed by atoms with Crippen molar-refractivity contribution in [3.8, 4) is 0 Å². The smallest absolute Gasteiger partial charge is 0.0643 e. The van der Waals surface area contributed by atoms with Gasteiger partial charge in [-0.05, 0) is 55.1 Å². The van der Waals surface area contributed by atoms with Crippen molar-refractivity contribution in [2.75, 3.05) is 13.7 Å². The van der Waals surface area contributed by atoms with E-state index in [9.17, 15) is 0 Å². The second-order valence-corrected chi connectivity index (χ2v) is 5.99. The highest BCUT2D eigenvalue weighted by molar-refractivity contribution is 5.26. The topological polar surface area (TPSA) is 9.23 Å². The Labute approximate surface area is 124 Å². The van der Waals surface area contributed by atoms with Crippen LogP contribution in [-0.2, 0) is 11.2 Å². The minimum atomic E-state index is 0.749. The van der Waals surface area contributed by atoms with Gasteiger partial charge in [-0.3, -0.25) is 0 Å². The molecule has 1 saturated carbocycles. The Morgan fingerprint density at radius 1 is 1.10 bits per heavy atom. The van der Waals surface area contributed by atoms with Gasteiger partial charge in [0.1, 0.15) is 0 Å². The summed E-state index contributed by atoms with van der Waals surface area (Å²) in [4.78, 5) is 0. The molecule has 0 atom stereocenters. The zero-order valence-electron chi connectivity index (χ0n) is 13.0. The summed E-state index contributed by atoms with van der Waals surface area (Å²) in [7, 11) is 1.75. The van der Waals surface area contributed by atoms with Gasteiger partial charge in [0.25, 0.3) is 0 Å². The largest absolute Gasteiger partial charge is 0.381 e. The normalized spacial score (nSPS) is 23.3. The second-order valence-electron chi connectivity index (χ2n) is 5.99. The Kier molecular flexibility index (Phi) is 6.32. The van der Waals surface area contributed by atoms with Gasteiger partial charge in [0.15, 0.2) is 0 Å². The molecule has 1 aromatic carbocycles. The molecule has 110 valence electrons. The van der Waals surface area contributed by atoms with Crippen molar-refractivity contribution < 1.29 is 4.74 Å². The Morgan fingerprint density at radius 3 is 2.40 bits per heavy atom. The van der Waals surface area contributed by atoms with Gasteiger partial charge in [-0.15, -0.1) is 0 Å². The van der Waals surface area contributed by atoms with E-state index in [1.807, 2.05) is 0 Å². The predicted octanol–water partition coefficient (Wildman–Crippen LogP) is 5.12. The van der Waals surface area contributed by atoms with Crippen molar-refractivity contribution in [1.82, 2.24) is 0 Å². The summed E-state index contributed by atoms with van der Waals surface area (Å²) in [6, 6.07) is 9.36. The monoisotopic (exact) mass is 272 g/mol. The lowest BCUT2D eigenvalue weighted by Crippen LogP contribution is -2.11. The van der Waals surface area contributed by atoms with Gasteiger partial charge in [0.2, 0.25) is 0 Å². The minimum Gasteiger partial charge on any atom is -0.381 e. The number of hydrogen-bond acceptors (Lipinski definition) is 1. The predicted molar refractivity (Wildman–Crippen MR) is 86.2 cm³/mol. The molecule has 2 rings (SSSR count). The highest BCUT2D eigenvalue weighted by atomic mass is 16.5. The molecule has 0 amide bonds. The van der Waals surface area contributed by atoms with Crippen LogP contribution in [0.4, 0.5) is 0 Å². The highest BCUT2D eigenvalue weighted by Crippen LogP contribution is 2.36. The Bertz CT molecular complexity index is 396. The maximum absolute atomic E-state index is 5.07. The van der Waals surface area contributed by atoms with Gasteiger partial charge in [-0.1, -0.05) is 49.8 Å². The van der Waals surface area contributed by atoms with E-state index in [2.05, 4.69) is 43.3 Å². The zero-order valence-corrected chi connectivity index (χ0v) is 13.0. The molecule has 0 unspecified atom stereocenters. The number of aryl methyl sites for hydroxylation is 1. The van der Waals surface area contributed by atoms with Crippen LogP contribution in [0.25, 0.3) is 0 Å². The van der Waals surface area contributed by atoms with Gasteiger partial charge < -0.3 is 4.74 Å². The summed E-state index contributed by atoms with van der Waals surface area (Å²) < 4.78 is 5.07. The van der Waals surface area contributed by atoms with E-state index in [1.54, 1.807) is 12.7 Å². The Morgan fingerprint density at radius 2 is 1.80 bits per heavy atom. The molecule has 0 aliphatic heterocycles. The molecular formula is C19H28O. The average molecular weight is 272 g/mol. The van der Waals surface area contributed by atoms with Gasteiger partial charge in [-0.25, -0.2) is 0 Å². The zero-order chi connectivity index (χ0) is 14.2. The quantitative estimate of drug-likeness (QED) is 0.653. The van der Waals surface area contributed by atoms with Crippen molar-refractivity contribution in [1.29, 1.82) is 0 Å². The fourth-order valence-electron chi connectivity index (χ4n) is 3.23. The number of hydrogen-bond donors (Lipinski definition) is 0. The highest BCUT2D eigenvalue weighted by Gasteiger charge is 2.20. The molecule has 1 heteroatoms. The van der Waals surface area contributed by atoms with Gasteiger partial charge >= 0.3 is 0 Å². The van der Waals surface area contributed by atoms with Crippen molar-refractivity contribution in [2.24, 2.45) is 5.92 Å². The standard InChI is InChI=1S/C19H28O/c1-3-5-16-7-11-18(12-8-16)19-13-9-17(10-14-19)6-4-15-20-2/h4,6-8,11-12,17,19H,3,5,9-10,13-15H2,1-2H3. The van der Waals surface area contributed by atoms with Gasteiger partial charge in [-0.2, -0.15) is 0 Å². The molecule has 0 bridgehead atoms. The molecule has 1 aliphatic rings. The lowest BCUT2D eigenvalue weighted by Gasteiger charge is -2.27. The third-order valence-corrected chi connectivity index (χ3v) is 4.43. The lowest BCUT2D eigenvalue weighted by molar-refractivity contribution is 0.233. The number of methoxy groups -OCH3 is 1. The first-order chi connectivity index (χ1) is 9.83. The third kappa shape index (κ3) is 4.49. The molecule has 0 aromatic heterocycles. The lowest BCUT2D eigenvalue weighted by atomic mass is 9.78. The summed E-state index contributed by atoms with van der Waals surface area (Å²) in [6.07, 6.45) is 12.3. The average Bonchev–Trinajstić information content (AvgIpc) is 2.49. The van der Waals surface area contributed by atoms with E-state index in [4.69, 9.17) is 4.74 Å². The van der Waals surface area contributed by atoms with Gasteiger partial charge in [0.05, 0.1) is 6.61 Å². The number of benzene rings is 1. The Hall–Kier alpha value is -1.08. The van der Waals surface area contributed by atoms with Crippen LogP contribution in [0, 0.1) is 5.92 Å².